The summed E-state index contributed by atoms with van der Waals surface area (Å²) in [5.74, 6) is -1.22. The van der Waals surface area contributed by atoms with Crippen LogP contribution in [0.2, 0.25) is 5.02 Å². The second kappa shape index (κ2) is 10.9. The van der Waals surface area contributed by atoms with Gasteiger partial charge in [-0.2, -0.15) is 5.26 Å². The third kappa shape index (κ3) is 6.92. The van der Waals surface area contributed by atoms with Crippen LogP contribution in [0.5, 0.6) is 5.75 Å². The van der Waals surface area contributed by atoms with E-state index in [2.05, 4.69) is 10.6 Å². The second-order valence-corrected chi connectivity index (χ2v) is 7.46. The number of halogens is 2. The van der Waals surface area contributed by atoms with E-state index in [1.807, 2.05) is 19.1 Å². The number of ether oxygens (including phenoxy) is 1. The lowest BCUT2D eigenvalue weighted by Gasteiger charge is -2.11. The maximum absolute atomic E-state index is 13.0. The standard InChI is InChI=1S/C25H19ClFN3O3/c1-16-3-2-4-22(11-16)30-25(32)18(14-28)12-17-13-19(26)5-10-23(17)33-15-24(31)29-21-8-6-20(27)7-9-21/h2-13H,15H2,1H3,(H,29,31)(H,30,32)/b18-12+. The van der Waals surface area contributed by atoms with Crippen LogP contribution in [-0.2, 0) is 9.59 Å². The molecule has 0 aliphatic carbocycles. The van der Waals surface area contributed by atoms with E-state index < -0.39 is 17.6 Å². The topological polar surface area (TPSA) is 91.2 Å². The van der Waals surface area contributed by atoms with Gasteiger partial charge < -0.3 is 15.4 Å². The van der Waals surface area contributed by atoms with Crippen molar-refractivity contribution in [1.82, 2.24) is 0 Å². The number of anilines is 2. The zero-order valence-corrected chi connectivity index (χ0v) is 18.3. The Morgan fingerprint density at radius 3 is 2.52 bits per heavy atom. The van der Waals surface area contributed by atoms with Gasteiger partial charge in [0.1, 0.15) is 23.2 Å². The molecule has 0 atom stereocenters. The zero-order chi connectivity index (χ0) is 23.8. The summed E-state index contributed by atoms with van der Waals surface area (Å²) >= 11 is 6.07. The maximum Gasteiger partial charge on any atom is 0.266 e. The van der Waals surface area contributed by atoms with Crippen molar-refractivity contribution in [1.29, 1.82) is 5.26 Å². The van der Waals surface area contributed by atoms with Crippen LogP contribution in [0, 0.1) is 24.1 Å². The van der Waals surface area contributed by atoms with Crippen LogP contribution < -0.4 is 15.4 Å². The Morgan fingerprint density at radius 1 is 1.06 bits per heavy atom. The smallest absolute Gasteiger partial charge is 0.266 e. The van der Waals surface area contributed by atoms with E-state index in [9.17, 15) is 19.2 Å². The highest BCUT2D eigenvalue weighted by Crippen LogP contribution is 2.26. The molecule has 3 rings (SSSR count). The molecule has 2 amide bonds. The molecule has 2 N–H and O–H groups in total. The molecule has 0 aliphatic rings. The Balaban J connectivity index is 1.74. The number of nitrogens with one attached hydrogen (secondary N) is 2. The van der Waals surface area contributed by atoms with Gasteiger partial charge in [-0.25, -0.2) is 4.39 Å². The van der Waals surface area contributed by atoms with Crippen molar-refractivity contribution in [2.45, 2.75) is 6.92 Å². The molecule has 0 spiro atoms. The molecule has 0 saturated heterocycles. The van der Waals surface area contributed by atoms with Gasteiger partial charge in [0.2, 0.25) is 0 Å². The fourth-order valence-electron chi connectivity index (χ4n) is 2.86. The van der Waals surface area contributed by atoms with Gasteiger partial charge in [-0.1, -0.05) is 23.7 Å². The van der Waals surface area contributed by atoms with Crippen LogP contribution in [0.15, 0.2) is 72.3 Å². The Labute approximate surface area is 195 Å². The van der Waals surface area contributed by atoms with Crippen LogP contribution in [-0.4, -0.2) is 18.4 Å². The van der Waals surface area contributed by atoms with Gasteiger partial charge in [0.25, 0.3) is 11.8 Å². The molecule has 0 fully saturated rings. The molecule has 0 unspecified atom stereocenters. The van der Waals surface area contributed by atoms with Crippen molar-refractivity contribution < 1.29 is 18.7 Å². The van der Waals surface area contributed by atoms with Crippen molar-refractivity contribution in [2.75, 3.05) is 17.2 Å². The first-order valence-electron chi connectivity index (χ1n) is 9.81. The number of aryl methyl sites for hydroxylation is 1. The predicted octanol–water partition coefficient (Wildman–Crippen LogP) is 5.35. The average molecular weight is 464 g/mol. The van der Waals surface area contributed by atoms with Gasteiger partial charge in [0.15, 0.2) is 6.61 Å². The number of carbonyl (C=O) groups is 2. The van der Waals surface area contributed by atoms with Gasteiger partial charge in [0, 0.05) is 22.0 Å². The van der Waals surface area contributed by atoms with Gasteiger partial charge in [-0.3, -0.25) is 9.59 Å². The van der Waals surface area contributed by atoms with Crippen molar-refractivity contribution in [2.24, 2.45) is 0 Å². The lowest BCUT2D eigenvalue weighted by atomic mass is 10.1. The van der Waals surface area contributed by atoms with Gasteiger partial charge in [-0.15, -0.1) is 0 Å². The van der Waals surface area contributed by atoms with Crippen LogP contribution >= 0.6 is 11.6 Å². The third-order valence-corrected chi connectivity index (χ3v) is 4.63. The molecule has 0 radical (unpaired) electrons. The van der Waals surface area contributed by atoms with E-state index in [-0.39, 0.29) is 17.9 Å². The quantitative estimate of drug-likeness (QED) is 0.365. The van der Waals surface area contributed by atoms with E-state index in [1.165, 1.54) is 42.5 Å². The first kappa shape index (κ1) is 23.5. The number of hydrogen-bond acceptors (Lipinski definition) is 4. The summed E-state index contributed by atoms with van der Waals surface area (Å²) in [4.78, 5) is 24.8. The number of amides is 2. The van der Waals surface area contributed by atoms with Crippen molar-refractivity contribution in [3.8, 4) is 11.8 Å². The fourth-order valence-corrected chi connectivity index (χ4v) is 3.04. The SMILES string of the molecule is Cc1cccc(NC(=O)/C(C#N)=C/c2cc(Cl)ccc2OCC(=O)Nc2ccc(F)cc2)c1. The molecule has 33 heavy (non-hydrogen) atoms. The van der Waals surface area contributed by atoms with Crippen molar-refractivity contribution in [3.63, 3.8) is 0 Å². The molecule has 3 aromatic rings. The van der Waals surface area contributed by atoms with E-state index in [1.54, 1.807) is 24.3 Å². The summed E-state index contributed by atoms with van der Waals surface area (Å²) in [6.45, 7) is 1.54. The second-order valence-electron chi connectivity index (χ2n) is 7.02. The Kier molecular flexibility index (Phi) is 7.79. The van der Waals surface area contributed by atoms with Gasteiger partial charge >= 0.3 is 0 Å². The normalized spacial score (nSPS) is 10.8. The minimum absolute atomic E-state index is 0.167. The summed E-state index contributed by atoms with van der Waals surface area (Å²) < 4.78 is 18.6. The molecule has 166 valence electrons. The van der Waals surface area contributed by atoms with Crippen LogP contribution in [0.4, 0.5) is 15.8 Å². The lowest BCUT2D eigenvalue weighted by molar-refractivity contribution is -0.118. The summed E-state index contributed by atoms with van der Waals surface area (Å²) in [6.07, 6.45) is 1.34. The summed E-state index contributed by atoms with van der Waals surface area (Å²) in [7, 11) is 0. The third-order valence-electron chi connectivity index (χ3n) is 4.40. The fraction of sp³-hybridized carbons (Fsp3) is 0.0800. The molecular formula is C25H19ClFN3O3. The molecule has 0 aromatic heterocycles. The summed E-state index contributed by atoms with van der Waals surface area (Å²) in [6, 6.07) is 19.0. The van der Waals surface area contributed by atoms with Crippen molar-refractivity contribution in [3.05, 3.63) is 94.3 Å². The first-order valence-corrected chi connectivity index (χ1v) is 10.2. The first-order chi connectivity index (χ1) is 15.8. The van der Waals surface area contributed by atoms with Gasteiger partial charge in [0.05, 0.1) is 0 Å². The summed E-state index contributed by atoms with van der Waals surface area (Å²) in [5.41, 5.74) is 2.12. The molecule has 3 aromatic carbocycles. The highest BCUT2D eigenvalue weighted by atomic mass is 35.5. The number of nitriles is 1. The number of benzene rings is 3. The van der Waals surface area contributed by atoms with Crippen molar-refractivity contribution >= 4 is 40.9 Å². The van der Waals surface area contributed by atoms with E-state index in [0.29, 0.717) is 22.0 Å². The number of carbonyl (C=O) groups excluding carboxylic acids is 2. The molecule has 0 saturated carbocycles. The molecule has 6 nitrogen and oxygen atoms in total. The zero-order valence-electron chi connectivity index (χ0n) is 17.6. The molecular weight excluding hydrogens is 445 g/mol. The van der Waals surface area contributed by atoms with Crippen LogP contribution in [0.3, 0.4) is 0 Å². The van der Waals surface area contributed by atoms with E-state index in [0.717, 1.165) is 5.56 Å². The molecule has 8 heteroatoms. The largest absolute Gasteiger partial charge is 0.483 e. The average Bonchev–Trinajstić information content (AvgIpc) is 2.78. The lowest BCUT2D eigenvalue weighted by Crippen LogP contribution is -2.20. The Morgan fingerprint density at radius 2 is 1.82 bits per heavy atom. The summed E-state index contributed by atoms with van der Waals surface area (Å²) in [5, 5.41) is 15.1. The highest BCUT2D eigenvalue weighted by molar-refractivity contribution is 6.30. The van der Waals surface area contributed by atoms with Crippen LogP contribution in [0.25, 0.3) is 6.08 Å². The number of rotatable bonds is 7. The highest BCUT2D eigenvalue weighted by Gasteiger charge is 2.13. The van der Waals surface area contributed by atoms with Crippen LogP contribution in [0.1, 0.15) is 11.1 Å². The molecule has 0 heterocycles. The minimum atomic E-state index is -0.594. The van der Waals surface area contributed by atoms with Gasteiger partial charge in [-0.05, 0) is 73.2 Å². The molecule has 0 bridgehead atoms. The monoisotopic (exact) mass is 463 g/mol. The molecule has 0 aliphatic heterocycles. The predicted molar refractivity (Wildman–Crippen MR) is 125 cm³/mol. The maximum atomic E-state index is 13.0. The Bertz CT molecular complexity index is 1250. The Hall–Kier alpha value is -4.15. The number of hydrogen-bond donors (Lipinski definition) is 2. The minimum Gasteiger partial charge on any atom is -0.483 e. The van der Waals surface area contributed by atoms with E-state index in [4.69, 9.17) is 16.3 Å². The van der Waals surface area contributed by atoms with E-state index >= 15 is 0 Å². The number of nitrogens with zero attached hydrogens (tertiary/aromatic N) is 1.